The summed E-state index contributed by atoms with van der Waals surface area (Å²) in [6.07, 6.45) is 0.453. The quantitative estimate of drug-likeness (QED) is 0.720. The molecule has 1 atom stereocenters. The first-order valence-corrected chi connectivity index (χ1v) is 9.28. The number of carbonyl (C=O) groups is 3. The molecule has 0 aliphatic carbocycles. The smallest absolute Gasteiger partial charge is 0.335 e. The highest BCUT2D eigenvalue weighted by Crippen LogP contribution is 2.20. The number of hydrogen-bond acceptors (Lipinski definition) is 5. The summed E-state index contributed by atoms with van der Waals surface area (Å²) in [7, 11) is 1.58. The van der Waals surface area contributed by atoms with Gasteiger partial charge in [-0.05, 0) is 42.3 Å². The highest BCUT2D eigenvalue weighted by Gasteiger charge is 2.21. The third kappa shape index (κ3) is 6.45. The number of rotatable bonds is 8. The Labute approximate surface area is 161 Å². The first kappa shape index (κ1) is 20.5. The molecular formula is C20H21NO5S. The van der Waals surface area contributed by atoms with E-state index in [4.69, 9.17) is 9.84 Å². The summed E-state index contributed by atoms with van der Waals surface area (Å²) in [5, 5.41) is 11.8. The Hall–Kier alpha value is -2.80. The van der Waals surface area contributed by atoms with E-state index in [1.54, 1.807) is 19.2 Å². The van der Waals surface area contributed by atoms with E-state index in [0.717, 1.165) is 23.1 Å². The molecule has 142 valence electrons. The van der Waals surface area contributed by atoms with Gasteiger partial charge in [-0.1, -0.05) is 30.0 Å². The highest BCUT2D eigenvalue weighted by molar-refractivity contribution is 8.13. The lowest BCUT2D eigenvalue weighted by Gasteiger charge is -2.16. The van der Waals surface area contributed by atoms with E-state index in [1.165, 1.54) is 19.1 Å². The Kier molecular flexibility index (Phi) is 7.43. The summed E-state index contributed by atoms with van der Waals surface area (Å²) in [5.74, 6) is -0.703. The fourth-order valence-corrected chi connectivity index (χ4v) is 3.17. The van der Waals surface area contributed by atoms with E-state index in [9.17, 15) is 14.4 Å². The first-order valence-electron chi connectivity index (χ1n) is 8.29. The predicted octanol–water partition coefficient (Wildman–Crippen LogP) is 3.47. The lowest BCUT2D eigenvalue weighted by molar-refractivity contribution is -0.119. The van der Waals surface area contributed by atoms with Crippen LogP contribution in [0.5, 0.6) is 5.75 Å². The molecule has 0 aliphatic heterocycles. The molecule has 1 unspecified atom stereocenters. The number of methoxy groups -OCH3 is 1. The molecule has 6 nitrogen and oxygen atoms in total. The number of ether oxygens (including phenoxy) is 1. The number of hydrogen-bond donors (Lipinski definition) is 2. The minimum absolute atomic E-state index is 0.0598. The molecule has 2 aromatic rings. The van der Waals surface area contributed by atoms with Gasteiger partial charge in [0.1, 0.15) is 5.75 Å². The van der Waals surface area contributed by atoms with Crippen LogP contribution >= 0.6 is 11.8 Å². The molecule has 2 rings (SSSR count). The van der Waals surface area contributed by atoms with E-state index in [1.807, 2.05) is 24.3 Å². The maximum absolute atomic E-state index is 12.7. The number of thioether (sulfide) groups is 1. The molecule has 27 heavy (non-hydrogen) atoms. The maximum Gasteiger partial charge on any atom is 0.335 e. The number of amides is 1. The monoisotopic (exact) mass is 387 g/mol. The van der Waals surface area contributed by atoms with Gasteiger partial charge in [0.25, 0.3) is 0 Å². The molecule has 1 amide bonds. The molecule has 0 bridgehead atoms. The second kappa shape index (κ2) is 9.78. The highest BCUT2D eigenvalue weighted by atomic mass is 32.2. The minimum atomic E-state index is -1.06. The average molecular weight is 387 g/mol. The first-order chi connectivity index (χ1) is 12.9. The van der Waals surface area contributed by atoms with Gasteiger partial charge in [0.15, 0.2) is 5.12 Å². The van der Waals surface area contributed by atoms with Crippen molar-refractivity contribution in [2.75, 3.05) is 18.2 Å². The minimum Gasteiger partial charge on any atom is -0.497 e. The van der Waals surface area contributed by atoms with E-state index >= 15 is 0 Å². The summed E-state index contributed by atoms with van der Waals surface area (Å²) < 4.78 is 5.13. The van der Waals surface area contributed by atoms with Crippen LogP contribution in [0.15, 0.2) is 48.5 Å². The van der Waals surface area contributed by atoms with Crippen molar-refractivity contribution in [2.24, 2.45) is 5.92 Å². The summed E-state index contributed by atoms with van der Waals surface area (Å²) in [6.45, 7) is 1.46. The zero-order valence-electron chi connectivity index (χ0n) is 15.1. The van der Waals surface area contributed by atoms with Gasteiger partial charge in [0.2, 0.25) is 5.91 Å². The summed E-state index contributed by atoms with van der Waals surface area (Å²) >= 11 is 1.09. The van der Waals surface area contributed by atoms with Gasteiger partial charge >= 0.3 is 5.97 Å². The fraction of sp³-hybridized carbons (Fsp3) is 0.250. The van der Waals surface area contributed by atoms with Crippen LogP contribution in [0.4, 0.5) is 5.69 Å². The Bertz CT molecular complexity index is 819. The number of carbonyl (C=O) groups excluding carboxylic acids is 2. The van der Waals surface area contributed by atoms with E-state index in [2.05, 4.69) is 5.32 Å². The predicted molar refractivity (Wildman–Crippen MR) is 105 cm³/mol. The van der Waals surface area contributed by atoms with Crippen molar-refractivity contribution < 1.29 is 24.2 Å². The van der Waals surface area contributed by atoms with Crippen LogP contribution in [0.2, 0.25) is 0 Å². The normalized spacial score (nSPS) is 11.5. The van der Waals surface area contributed by atoms with Crippen molar-refractivity contribution in [3.8, 4) is 5.75 Å². The average Bonchev–Trinajstić information content (AvgIpc) is 2.65. The van der Waals surface area contributed by atoms with Crippen LogP contribution < -0.4 is 10.1 Å². The lowest BCUT2D eigenvalue weighted by Crippen LogP contribution is -2.27. The van der Waals surface area contributed by atoms with Crippen LogP contribution in [0.1, 0.15) is 22.8 Å². The number of benzene rings is 2. The molecule has 0 heterocycles. The van der Waals surface area contributed by atoms with Crippen LogP contribution in [0, 0.1) is 5.92 Å². The maximum atomic E-state index is 12.7. The van der Waals surface area contributed by atoms with Gasteiger partial charge in [-0.25, -0.2) is 4.79 Å². The van der Waals surface area contributed by atoms with Crippen molar-refractivity contribution in [1.29, 1.82) is 0 Å². The molecule has 2 aromatic carbocycles. The van der Waals surface area contributed by atoms with Crippen molar-refractivity contribution in [3.05, 3.63) is 59.7 Å². The van der Waals surface area contributed by atoms with Crippen molar-refractivity contribution in [2.45, 2.75) is 13.3 Å². The Morgan fingerprint density at radius 3 is 2.44 bits per heavy atom. The Morgan fingerprint density at radius 2 is 1.85 bits per heavy atom. The number of nitrogens with one attached hydrogen (secondary N) is 1. The number of anilines is 1. The van der Waals surface area contributed by atoms with Gasteiger partial charge in [-0.3, -0.25) is 9.59 Å². The zero-order valence-corrected chi connectivity index (χ0v) is 15.9. The summed E-state index contributed by atoms with van der Waals surface area (Å²) in [5.41, 5.74) is 1.45. The molecule has 0 fully saturated rings. The molecule has 0 spiro atoms. The molecule has 0 radical (unpaired) electrons. The summed E-state index contributed by atoms with van der Waals surface area (Å²) in [4.78, 5) is 35.1. The molecular weight excluding hydrogens is 366 g/mol. The van der Waals surface area contributed by atoms with Crippen LogP contribution in [-0.4, -0.2) is 35.0 Å². The fourth-order valence-electron chi connectivity index (χ4n) is 2.47. The largest absolute Gasteiger partial charge is 0.497 e. The molecule has 0 aromatic heterocycles. The van der Waals surface area contributed by atoms with Crippen LogP contribution in [0.25, 0.3) is 0 Å². The van der Waals surface area contributed by atoms with E-state index in [-0.39, 0.29) is 16.6 Å². The van der Waals surface area contributed by atoms with E-state index < -0.39 is 11.9 Å². The van der Waals surface area contributed by atoms with Crippen molar-refractivity contribution in [1.82, 2.24) is 0 Å². The molecule has 0 saturated heterocycles. The van der Waals surface area contributed by atoms with Gasteiger partial charge in [0.05, 0.1) is 18.6 Å². The summed E-state index contributed by atoms with van der Waals surface area (Å²) in [6, 6.07) is 13.5. The van der Waals surface area contributed by atoms with Gasteiger partial charge in [-0.15, -0.1) is 0 Å². The molecule has 2 N–H and O–H groups in total. The van der Waals surface area contributed by atoms with Crippen LogP contribution in [0.3, 0.4) is 0 Å². The Balaban J connectivity index is 2.13. The van der Waals surface area contributed by atoms with Crippen LogP contribution in [-0.2, 0) is 16.0 Å². The number of carboxylic acids is 1. The van der Waals surface area contributed by atoms with Crippen molar-refractivity contribution in [3.63, 3.8) is 0 Å². The number of aromatic carboxylic acids is 1. The zero-order chi connectivity index (χ0) is 19.8. The SMILES string of the molecule is COc1ccc(CC(CSC(C)=O)C(=O)Nc2cccc(C(=O)O)c2)cc1. The molecule has 0 aliphatic rings. The molecule has 0 saturated carbocycles. The Morgan fingerprint density at radius 1 is 1.15 bits per heavy atom. The van der Waals surface area contributed by atoms with Gasteiger partial charge in [0, 0.05) is 18.4 Å². The second-order valence-corrected chi connectivity index (χ2v) is 7.12. The second-order valence-electron chi connectivity index (χ2n) is 5.93. The lowest BCUT2D eigenvalue weighted by atomic mass is 10.00. The standard InChI is InChI=1S/C20H21NO5S/c1-13(22)27-12-16(10-14-6-8-18(26-2)9-7-14)19(23)21-17-5-3-4-15(11-17)20(24)25/h3-9,11,16H,10,12H2,1-2H3,(H,21,23)(H,24,25). The van der Waals surface area contributed by atoms with Gasteiger partial charge < -0.3 is 15.2 Å². The number of carboxylic acid groups (broad SMARTS) is 1. The van der Waals surface area contributed by atoms with E-state index in [0.29, 0.717) is 17.9 Å². The third-order valence-corrected chi connectivity index (χ3v) is 4.85. The van der Waals surface area contributed by atoms with Gasteiger partial charge in [-0.2, -0.15) is 0 Å². The molecule has 7 heteroatoms. The van der Waals surface area contributed by atoms with Crippen molar-refractivity contribution >= 4 is 34.4 Å². The topological polar surface area (TPSA) is 92.7 Å². The third-order valence-electron chi connectivity index (χ3n) is 3.88.